The van der Waals surface area contributed by atoms with Crippen LogP contribution < -0.4 is 10.7 Å². The normalized spacial score (nSPS) is 10.8. The second kappa shape index (κ2) is 8.35. The van der Waals surface area contributed by atoms with Crippen LogP contribution in [0.15, 0.2) is 65.8 Å². The van der Waals surface area contributed by atoms with Crippen LogP contribution in [0, 0.1) is 13.8 Å². The second-order valence-electron chi connectivity index (χ2n) is 6.46. The molecular weight excluding hydrogens is 352 g/mol. The fourth-order valence-corrected chi connectivity index (χ4v) is 3.06. The predicted molar refractivity (Wildman–Crippen MR) is 111 cm³/mol. The summed E-state index contributed by atoms with van der Waals surface area (Å²) >= 11 is 0. The first-order valence-electron chi connectivity index (χ1n) is 8.91. The van der Waals surface area contributed by atoms with E-state index >= 15 is 0 Å². The van der Waals surface area contributed by atoms with Crippen LogP contribution in [0.3, 0.4) is 0 Å². The lowest BCUT2D eigenvalue weighted by Gasteiger charge is -2.09. The van der Waals surface area contributed by atoms with Gasteiger partial charge in [-0.15, -0.1) is 0 Å². The molecule has 0 atom stereocenters. The number of benzene rings is 2. The van der Waals surface area contributed by atoms with Crippen molar-refractivity contribution in [2.45, 2.75) is 20.8 Å². The number of aryl methyl sites for hydroxylation is 1. The van der Waals surface area contributed by atoms with Gasteiger partial charge in [-0.2, -0.15) is 5.10 Å². The van der Waals surface area contributed by atoms with Gasteiger partial charge in [0.15, 0.2) is 0 Å². The molecule has 0 saturated heterocycles. The predicted octanol–water partition coefficient (Wildman–Crippen LogP) is 3.82. The molecule has 0 aliphatic heterocycles. The number of carbonyl (C=O) groups excluding carboxylic acids is 2. The molecule has 0 unspecified atom stereocenters. The monoisotopic (exact) mass is 374 g/mol. The highest BCUT2D eigenvalue weighted by Gasteiger charge is 2.10. The molecular formula is C22H22N4O2. The van der Waals surface area contributed by atoms with E-state index in [0.29, 0.717) is 11.3 Å². The zero-order valence-corrected chi connectivity index (χ0v) is 16.1. The van der Waals surface area contributed by atoms with Crippen molar-refractivity contribution < 1.29 is 9.59 Å². The molecule has 0 aliphatic carbocycles. The molecule has 2 N–H and O–H groups in total. The Morgan fingerprint density at radius 3 is 2.46 bits per heavy atom. The fraction of sp³-hybridized carbons (Fsp3) is 0.136. The summed E-state index contributed by atoms with van der Waals surface area (Å²) in [5.74, 6) is -0.537. The van der Waals surface area contributed by atoms with E-state index in [4.69, 9.17) is 0 Å². The van der Waals surface area contributed by atoms with Gasteiger partial charge in [0.25, 0.3) is 5.91 Å². The minimum absolute atomic E-state index is 0.190. The summed E-state index contributed by atoms with van der Waals surface area (Å²) in [6.45, 7) is 5.46. The molecule has 0 aliphatic rings. The topological polar surface area (TPSA) is 75.5 Å². The van der Waals surface area contributed by atoms with Crippen LogP contribution in [0.25, 0.3) is 5.69 Å². The standard InChI is InChI=1S/C22H22N4O2/c1-15-12-19(16(2)26(15)21-10-5-4-6-11-21)14-23-25-22(28)18-8-7-9-20(13-18)24-17(3)27/h4-14H,1-3H3,(H,24,27)(H,25,28)/b23-14-. The van der Waals surface area contributed by atoms with Crippen LogP contribution in [-0.2, 0) is 4.79 Å². The third kappa shape index (κ3) is 4.35. The summed E-state index contributed by atoms with van der Waals surface area (Å²) in [5, 5.41) is 6.75. The van der Waals surface area contributed by atoms with Crippen LogP contribution in [0.4, 0.5) is 5.69 Å². The number of hydrogen-bond donors (Lipinski definition) is 2. The Kier molecular flexibility index (Phi) is 5.69. The van der Waals surface area contributed by atoms with E-state index in [1.54, 1.807) is 30.5 Å². The molecule has 1 aromatic heterocycles. The van der Waals surface area contributed by atoms with Gasteiger partial charge in [-0.1, -0.05) is 24.3 Å². The first kappa shape index (κ1) is 19.1. The molecule has 0 spiro atoms. The van der Waals surface area contributed by atoms with Crippen molar-refractivity contribution in [1.82, 2.24) is 9.99 Å². The summed E-state index contributed by atoms with van der Waals surface area (Å²) in [7, 11) is 0. The highest BCUT2D eigenvalue weighted by atomic mass is 16.2. The number of carbonyl (C=O) groups is 2. The van der Waals surface area contributed by atoms with Crippen LogP contribution in [0.2, 0.25) is 0 Å². The number of hydrazone groups is 1. The second-order valence-corrected chi connectivity index (χ2v) is 6.46. The van der Waals surface area contributed by atoms with Gasteiger partial charge in [0.1, 0.15) is 0 Å². The number of nitrogens with one attached hydrogen (secondary N) is 2. The number of anilines is 1. The molecule has 142 valence electrons. The number of aromatic nitrogens is 1. The van der Waals surface area contributed by atoms with E-state index in [0.717, 1.165) is 22.6 Å². The SMILES string of the molecule is CC(=O)Nc1cccc(C(=O)N/N=C\c2cc(C)n(-c3ccccc3)c2C)c1. The number of rotatable bonds is 5. The van der Waals surface area contributed by atoms with Gasteiger partial charge >= 0.3 is 0 Å². The molecule has 0 radical (unpaired) electrons. The van der Waals surface area contributed by atoms with E-state index in [1.165, 1.54) is 6.92 Å². The quantitative estimate of drug-likeness (QED) is 0.526. The van der Waals surface area contributed by atoms with E-state index in [2.05, 4.69) is 20.4 Å². The average molecular weight is 374 g/mol. The molecule has 2 amide bonds. The molecule has 1 heterocycles. The Morgan fingerprint density at radius 1 is 1.00 bits per heavy atom. The number of nitrogens with zero attached hydrogens (tertiary/aromatic N) is 2. The lowest BCUT2D eigenvalue weighted by atomic mass is 10.2. The van der Waals surface area contributed by atoms with Crippen LogP contribution in [0.5, 0.6) is 0 Å². The zero-order chi connectivity index (χ0) is 20.1. The Hall–Kier alpha value is -3.67. The Balaban J connectivity index is 1.73. The van der Waals surface area contributed by atoms with E-state index in [1.807, 2.05) is 50.2 Å². The highest BCUT2D eigenvalue weighted by Crippen LogP contribution is 2.19. The smallest absolute Gasteiger partial charge is 0.271 e. The average Bonchev–Trinajstić information content (AvgIpc) is 2.95. The molecule has 3 rings (SSSR count). The van der Waals surface area contributed by atoms with Crippen molar-refractivity contribution in [1.29, 1.82) is 0 Å². The summed E-state index contributed by atoms with van der Waals surface area (Å²) in [6.07, 6.45) is 1.64. The van der Waals surface area contributed by atoms with Crippen molar-refractivity contribution in [2.24, 2.45) is 5.10 Å². The summed E-state index contributed by atoms with van der Waals surface area (Å²) < 4.78 is 2.14. The minimum Gasteiger partial charge on any atom is -0.326 e. The number of hydrogen-bond acceptors (Lipinski definition) is 3. The van der Waals surface area contributed by atoms with Crippen molar-refractivity contribution in [3.05, 3.63) is 83.2 Å². The van der Waals surface area contributed by atoms with Crippen LogP contribution in [0.1, 0.15) is 34.2 Å². The zero-order valence-electron chi connectivity index (χ0n) is 16.1. The maximum absolute atomic E-state index is 12.3. The summed E-state index contributed by atoms with van der Waals surface area (Å²) in [6, 6.07) is 18.8. The lowest BCUT2D eigenvalue weighted by Crippen LogP contribution is -2.18. The van der Waals surface area contributed by atoms with Crippen LogP contribution in [-0.4, -0.2) is 22.6 Å². The fourth-order valence-electron chi connectivity index (χ4n) is 3.06. The summed E-state index contributed by atoms with van der Waals surface area (Å²) in [4.78, 5) is 23.5. The van der Waals surface area contributed by atoms with Gasteiger partial charge in [0.05, 0.1) is 6.21 Å². The van der Waals surface area contributed by atoms with Gasteiger partial charge in [0, 0.05) is 40.8 Å². The Bertz CT molecular complexity index is 1040. The van der Waals surface area contributed by atoms with Gasteiger partial charge in [-0.3, -0.25) is 9.59 Å². The highest BCUT2D eigenvalue weighted by molar-refractivity contribution is 5.97. The van der Waals surface area contributed by atoms with Crippen molar-refractivity contribution in [3.63, 3.8) is 0 Å². The first-order chi connectivity index (χ1) is 13.5. The third-order valence-corrected chi connectivity index (χ3v) is 4.30. The molecule has 6 heteroatoms. The van der Waals surface area contributed by atoms with Crippen LogP contribution >= 0.6 is 0 Å². The van der Waals surface area contributed by atoms with Gasteiger partial charge < -0.3 is 9.88 Å². The first-order valence-corrected chi connectivity index (χ1v) is 8.91. The molecule has 3 aromatic rings. The number of para-hydroxylation sites is 1. The molecule has 0 saturated carbocycles. The van der Waals surface area contributed by atoms with Crippen molar-refractivity contribution >= 4 is 23.7 Å². The molecule has 28 heavy (non-hydrogen) atoms. The van der Waals surface area contributed by atoms with Gasteiger partial charge in [0.2, 0.25) is 5.91 Å². The Morgan fingerprint density at radius 2 is 1.75 bits per heavy atom. The maximum Gasteiger partial charge on any atom is 0.271 e. The minimum atomic E-state index is -0.347. The molecule has 6 nitrogen and oxygen atoms in total. The van der Waals surface area contributed by atoms with Crippen molar-refractivity contribution in [3.8, 4) is 5.69 Å². The largest absolute Gasteiger partial charge is 0.326 e. The Labute approximate surface area is 163 Å². The lowest BCUT2D eigenvalue weighted by molar-refractivity contribution is -0.114. The maximum atomic E-state index is 12.3. The molecule has 0 bridgehead atoms. The molecule has 2 aromatic carbocycles. The summed E-state index contributed by atoms with van der Waals surface area (Å²) in [5.41, 5.74) is 7.64. The van der Waals surface area contributed by atoms with Crippen molar-refractivity contribution in [2.75, 3.05) is 5.32 Å². The van der Waals surface area contributed by atoms with E-state index in [9.17, 15) is 9.59 Å². The van der Waals surface area contributed by atoms with E-state index in [-0.39, 0.29) is 11.8 Å². The number of amides is 2. The molecule has 0 fully saturated rings. The van der Waals surface area contributed by atoms with E-state index < -0.39 is 0 Å². The third-order valence-electron chi connectivity index (χ3n) is 4.30. The van der Waals surface area contributed by atoms with Gasteiger partial charge in [-0.05, 0) is 50.2 Å². The van der Waals surface area contributed by atoms with Gasteiger partial charge in [-0.25, -0.2) is 5.43 Å².